The molecule has 0 aliphatic carbocycles. The van der Waals surface area contributed by atoms with Gasteiger partial charge in [-0.2, -0.15) is 9.61 Å². The highest BCUT2D eigenvalue weighted by molar-refractivity contribution is 5.86. The van der Waals surface area contributed by atoms with Gasteiger partial charge in [0, 0.05) is 25.7 Å². The molecule has 3 heterocycles. The molecule has 1 fully saturated rings. The molecule has 82 valence electrons. The minimum Gasteiger partial charge on any atom is -0.315 e. The molecule has 0 spiro atoms. The van der Waals surface area contributed by atoms with Crippen LogP contribution >= 0.6 is 0 Å². The summed E-state index contributed by atoms with van der Waals surface area (Å²) in [6.07, 6.45) is 2.22. The van der Waals surface area contributed by atoms with Gasteiger partial charge in [-0.05, 0) is 12.1 Å². The molecule has 0 saturated carbocycles. The summed E-state index contributed by atoms with van der Waals surface area (Å²) in [6, 6.07) is 3.62. The van der Waals surface area contributed by atoms with E-state index in [0.29, 0.717) is 24.4 Å². The molecule has 6 heteroatoms. The van der Waals surface area contributed by atoms with Crippen LogP contribution in [0.5, 0.6) is 0 Å². The van der Waals surface area contributed by atoms with Gasteiger partial charge in [-0.3, -0.25) is 4.79 Å². The second kappa shape index (κ2) is 3.64. The van der Waals surface area contributed by atoms with Gasteiger partial charge in [0.1, 0.15) is 5.78 Å². The Morgan fingerprint density at radius 3 is 3.25 bits per heavy atom. The summed E-state index contributed by atoms with van der Waals surface area (Å²) in [4.78, 5) is 11.8. The fourth-order valence-electron chi connectivity index (χ4n) is 1.96. The van der Waals surface area contributed by atoms with Gasteiger partial charge >= 0.3 is 0 Å². The van der Waals surface area contributed by atoms with Crippen LogP contribution < -0.4 is 5.32 Å². The lowest BCUT2D eigenvalue weighted by Gasteiger charge is -2.19. The number of rotatable bonds is 1. The highest BCUT2D eigenvalue weighted by Crippen LogP contribution is 2.18. The average molecular weight is 217 g/mol. The van der Waals surface area contributed by atoms with Crippen molar-refractivity contribution >= 4 is 11.4 Å². The quantitative estimate of drug-likeness (QED) is 0.714. The van der Waals surface area contributed by atoms with Gasteiger partial charge in [-0.15, -0.1) is 10.2 Å². The maximum atomic E-state index is 11.8. The van der Waals surface area contributed by atoms with E-state index in [0.717, 1.165) is 6.54 Å². The number of Topliss-reactive ketones (excluding diaryl/α,β-unsaturated/α-hetero) is 1. The lowest BCUT2D eigenvalue weighted by Crippen LogP contribution is -2.36. The molecule has 0 aromatic carbocycles. The summed E-state index contributed by atoms with van der Waals surface area (Å²) < 4.78 is 1.63. The van der Waals surface area contributed by atoms with Gasteiger partial charge in [0.2, 0.25) is 0 Å². The second-order valence-corrected chi connectivity index (χ2v) is 3.82. The molecule has 0 amide bonds. The first kappa shape index (κ1) is 9.41. The molecule has 0 bridgehead atoms. The fourth-order valence-corrected chi connectivity index (χ4v) is 1.96. The van der Waals surface area contributed by atoms with E-state index in [2.05, 4.69) is 20.6 Å². The maximum absolute atomic E-state index is 11.8. The number of carbonyl (C=O) groups is 1. The third-order valence-electron chi connectivity index (χ3n) is 2.80. The summed E-state index contributed by atoms with van der Waals surface area (Å²) in [5.41, 5.74) is 0.677. The van der Waals surface area contributed by atoms with E-state index in [9.17, 15) is 4.79 Å². The average Bonchev–Trinajstić information content (AvgIpc) is 2.74. The van der Waals surface area contributed by atoms with Crippen molar-refractivity contribution in [3.63, 3.8) is 0 Å². The number of hydrogen-bond acceptors (Lipinski definition) is 5. The zero-order chi connectivity index (χ0) is 11.0. The molecule has 1 aliphatic heterocycles. The standard InChI is InChI=1S/C10H11N5O/c16-8-3-5-11-6-7(8)10-14-13-9-2-1-4-12-15(9)10/h1-2,4,7,11H,3,5-6H2. The molecule has 1 N–H and O–H groups in total. The van der Waals surface area contributed by atoms with Gasteiger partial charge in [0.05, 0.1) is 5.92 Å². The third-order valence-corrected chi connectivity index (χ3v) is 2.80. The van der Waals surface area contributed by atoms with E-state index < -0.39 is 0 Å². The number of carbonyl (C=O) groups excluding carboxylic acids is 1. The number of nitrogens with zero attached hydrogens (tertiary/aromatic N) is 4. The van der Waals surface area contributed by atoms with Crippen molar-refractivity contribution in [1.29, 1.82) is 0 Å². The normalized spacial score (nSPS) is 21.5. The van der Waals surface area contributed by atoms with Crippen LogP contribution in [-0.4, -0.2) is 38.7 Å². The van der Waals surface area contributed by atoms with Crippen molar-refractivity contribution in [2.24, 2.45) is 0 Å². The van der Waals surface area contributed by atoms with Crippen LogP contribution in [0.15, 0.2) is 18.3 Å². The molecule has 1 aliphatic rings. The highest BCUT2D eigenvalue weighted by Gasteiger charge is 2.28. The number of nitrogens with one attached hydrogen (secondary N) is 1. The van der Waals surface area contributed by atoms with Gasteiger partial charge in [-0.25, -0.2) is 0 Å². The van der Waals surface area contributed by atoms with E-state index in [1.165, 1.54) is 0 Å². The molecule has 6 nitrogen and oxygen atoms in total. The lowest BCUT2D eigenvalue weighted by atomic mass is 9.97. The predicted octanol–water partition coefficient (Wildman–Crippen LogP) is -0.230. The van der Waals surface area contributed by atoms with Crippen molar-refractivity contribution in [3.8, 4) is 0 Å². The van der Waals surface area contributed by atoms with E-state index in [-0.39, 0.29) is 11.7 Å². The third kappa shape index (κ3) is 1.38. The minimum absolute atomic E-state index is 0.207. The second-order valence-electron chi connectivity index (χ2n) is 3.82. The van der Waals surface area contributed by atoms with Crippen molar-refractivity contribution in [3.05, 3.63) is 24.2 Å². The predicted molar refractivity (Wildman–Crippen MR) is 56.0 cm³/mol. The molecular formula is C10H11N5O. The molecule has 0 radical (unpaired) electrons. The summed E-state index contributed by atoms with van der Waals surface area (Å²) >= 11 is 0. The summed E-state index contributed by atoms with van der Waals surface area (Å²) in [7, 11) is 0. The smallest absolute Gasteiger partial charge is 0.177 e. The number of hydrogen-bond donors (Lipinski definition) is 1. The Labute approximate surface area is 91.7 Å². The number of piperidine rings is 1. The lowest BCUT2D eigenvalue weighted by molar-refractivity contribution is -0.121. The van der Waals surface area contributed by atoms with Crippen molar-refractivity contribution in [2.75, 3.05) is 13.1 Å². The summed E-state index contributed by atoms with van der Waals surface area (Å²) in [5, 5.41) is 15.4. The summed E-state index contributed by atoms with van der Waals surface area (Å²) in [5.74, 6) is 0.616. The van der Waals surface area contributed by atoms with Crippen LogP contribution in [0.1, 0.15) is 18.2 Å². The van der Waals surface area contributed by atoms with Gasteiger partial charge < -0.3 is 5.32 Å². The number of aromatic nitrogens is 4. The maximum Gasteiger partial charge on any atom is 0.177 e. The Morgan fingerprint density at radius 1 is 1.44 bits per heavy atom. The van der Waals surface area contributed by atoms with Crippen LogP contribution in [0.3, 0.4) is 0 Å². The van der Waals surface area contributed by atoms with E-state index in [1.54, 1.807) is 16.8 Å². The minimum atomic E-state index is -0.223. The Kier molecular flexibility index (Phi) is 2.14. The highest BCUT2D eigenvalue weighted by atomic mass is 16.1. The topological polar surface area (TPSA) is 72.2 Å². The van der Waals surface area contributed by atoms with E-state index in [1.807, 2.05) is 6.07 Å². The molecule has 1 saturated heterocycles. The molecule has 3 rings (SSSR count). The first-order chi connectivity index (χ1) is 7.86. The Morgan fingerprint density at radius 2 is 2.38 bits per heavy atom. The molecule has 2 aromatic heterocycles. The molecule has 1 unspecified atom stereocenters. The monoisotopic (exact) mass is 217 g/mol. The zero-order valence-corrected chi connectivity index (χ0v) is 8.63. The van der Waals surface area contributed by atoms with Gasteiger partial charge in [-0.1, -0.05) is 0 Å². The Hall–Kier alpha value is -1.82. The SMILES string of the molecule is O=C1CCNCC1c1nnc2cccnn12. The molecule has 1 atom stereocenters. The van der Waals surface area contributed by atoms with Crippen LogP contribution in [-0.2, 0) is 4.79 Å². The molecule has 16 heavy (non-hydrogen) atoms. The Bertz CT molecular complexity index is 535. The van der Waals surface area contributed by atoms with Crippen molar-refractivity contribution in [1.82, 2.24) is 25.1 Å². The molecule has 2 aromatic rings. The largest absolute Gasteiger partial charge is 0.315 e. The first-order valence-electron chi connectivity index (χ1n) is 5.26. The van der Waals surface area contributed by atoms with E-state index in [4.69, 9.17) is 0 Å². The first-order valence-corrected chi connectivity index (χ1v) is 5.26. The van der Waals surface area contributed by atoms with Crippen molar-refractivity contribution in [2.45, 2.75) is 12.3 Å². The fraction of sp³-hybridized carbons (Fsp3) is 0.400. The van der Waals surface area contributed by atoms with Gasteiger partial charge in [0.25, 0.3) is 0 Å². The molecular weight excluding hydrogens is 206 g/mol. The number of ketones is 1. The van der Waals surface area contributed by atoms with Crippen LogP contribution in [0.25, 0.3) is 5.65 Å². The van der Waals surface area contributed by atoms with Gasteiger partial charge in [0.15, 0.2) is 11.5 Å². The Balaban J connectivity index is 2.08. The van der Waals surface area contributed by atoms with Crippen LogP contribution in [0.2, 0.25) is 0 Å². The van der Waals surface area contributed by atoms with Crippen LogP contribution in [0.4, 0.5) is 0 Å². The van der Waals surface area contributed by atoms with Crippen LogP contribution in [0, 0.1) is 0 Å². The number of fused-ring (bicyclic) bond motifs is 1. The zero-order valence-electron chi connectivity index (χ0n) is 8.63. The summed E-state index contributed by atoms with van der Waals surface area (Å²) in [6.45, 7) is 1.37. The van der Waals surface area contributed by atoms with Crippen molar-refractivity contribution < 1.29 is 4.79 Å². The van der Waals surface area contributed by atoms with E-state index >= 15 is 0 Å².